The molecule has 5 aliphatic rings. The number of amides is 4. The second-order valence-electron chi connectivity index (χ2n) is 17.3. The maximum atomic E-state index is 13.9. The lowest BCUT2D eigenvalue weighted by molar-refractivity contribution is -0.134. The Morgan fingerprint density at radius 3 is 2.34 bits per heavy atom. The van der Waals surface area contributed by atoms with Crippen LogP contribution in [0, 0.1) is 0 Å². The number of piperazine rings is 1. The lowest BCUT2D eigenvalue weighted by atomic mass is 9.92. The molecule has 0 aliphatic carbocycles. The second kappa shape index (κ2) is 17.3. The number of amidine groups is 1. The molecule has 2 atom stereocenters. The number of methoxy groups -OCH3 is 1. The molecule has 2 N–H and O–H groups in total. The van der Waals surface area contributed by atoms with Crippen LogP contribution in [0.4, 0.5) is 33.4 Å². The highest BCUT2D eigenvalue weighted by Crippen LogP contribution is 2.42. The number of aliphatic hydroxyl groups is 1. The summed E-state index contributed by atoms with van der Waals surface area (Å²) in [5, 5.41) is 25.4. The number of fused-ring (bicyclic) bond motifs is 1. The van der Waals surface area contributed by atoms with Gasteiger partial charge in [-0.25, -0.2) is 19.7 Å². The standard InChI is InChI=1S/C47H55N13O5/c1-5-33-34(15-19-49-43(33)59-27-26-58(47(59)64)32-8-7-18-48-29-32)35-12-11-31(60-45(65-4)52-54(3)46(60)63)28-39(35)56-20-16-30(17-21-56)55-22-24-57(25-23-55)38-10-6-9-36-41(51-53(2)42(36)38)37-13-14-40(61)50-44(37)62/h6-12,15,18-19,28-30,37,46,63H,5,13-14,16-17,20-27H2,1-4H3,(H,50,61,62). The molecule has 338 valence electrons. The zero-order valence-corrected chi connectivity index (χ0v) is 37.3. The number of ether oxygens (including phenoxy) is 1. The molecule has 4 fully saturated rings. The Morgan fingerprint density at radius 2 is 1.60 bits per heavy atom. The highest BCUT2D eigenvalue weighted by atomic mass is 16.5. The zero-order valence-electron chi connectivity index (χ0n) is 37.3. The number of para-hydroxylation sites is 1. The number of aliphatic hydroxyl groups excluding tert-OH is 1. The fourth-order valence-corrected chi connectivity index (χ4v) is 10.5. The van der Waals surface area contributed by atoms with Crippen molar-refractivity contribution < 1.29 is 24.2 Å². The number of carbonyl (C=O) groups is 3. The maximum Gasteiger partial charge on any atom is 0.330 e. The fraction of sp³-hybridized carbons (Fsp3) is 0.426. The third-order valence-electron chi connectivity index (χ3n) is 13.8. The van der Waals surface area contributed by atoms with E-state index in [0.29, 0.717) is 50.2 Å². The lowest BCUT2D eigenvalue weighted by Gasteiger charge is -2.44. The minimum absolute atomic E-state index is 0.123. The number of benzene rings is 2. The van der Waals surface area contributed by atoms with Crippen molar-refractivity contribution in [1.29, 1.82) is 0 Å². The summed E-state index contributed by atoms with van der Waals surface area (Å²) >= 11 is 0. The van der Waals surface area contributed by atoms with Crippen LogP contribution in [-0.4, -0.2) is 138 Å². The van der Waals surface area contributed by atoms with Crippen LogP contribution in [0.3, 0.4) is 0 Å². The summed E-state index contributed by atoms with van der Waals surface area (Å²) in [7, 11) is 5.20. The van der Waals surface area contributed by atoms with E-state index in [1.165, 1.54) is 5.01 Å². The predicted octanol–water partition coefficient (Wildman–Crippen LogP) is 4.30. The van der Waals surface area contributed by atoms with E-state index >= 15 is 0 Å². The van der Waals surface area contributed by atoms with E-state index in [4.69, 9.17) is 14.8 Å². The summed E-state index contributed by atoms with van der Waals surface area (Å²) in [6.07, 6.45) is 7.58. The van der Waals surface area contributed by atoms with Crippen molar-refractivity contribution in [2.45, 2.75) is 57.3 Å². The average Bonchev–Trinajstić information content (AvgIpc) is 3.99. The molecule has 5 aromatic rings. The van der Waals surface area contributed by atoms with Crippen molar-refractivity contribution in [3.05, 3.63) is 84.4 Å². The number of aromatic nitrogens is 4. The minimum atomic E-state index is -1.03. The molecule has 4 saturated heterocycles. The van der Waals surface area contributed by atoms with Crippen LogP contribution in [0.2, 0.25) is 0 Å². The Kier molecular flexibility index (Phi) is 11.2. The second-order valence-corrected chi connectivity index (χ2v) is 17.3. The number of imide groups is 1. The Balaban J connectivity index is 0.888. The minimum Gasteiger partial charge on any atom is -0.467 e. The van der Waals surface area contributed by atoms with E-state index in [1.54, 1.807) is 47.4 Å². The summed E-state index contributed by atoms with van der Waals surface area (Å²) < 4.78 is 7.51. The number of hydrazone groups is 1. The monoisotopic (exact) mass is 881 g/mol. The zero-order chi connectivity index (χ0) is 44.9. The average molecular weight is 882 g/mol. The molecule has 0 radical (unpaired) electrons. The molecular formula is C47H55N13O5. The van der Waals surface area contributed by atoms with Crippen LogP contribution in [-0.2, 0) is 27.8 Å². The van der Waals surface area contributed by atoms with Crippen LogP contribution >= 0.6 is 0 Å². The quantitative estimate of drug-likeness (QED) is 0.201. The molecule has 4 amide bonds. The highest BCUT2D eigenvalue weighted by Gasteiger charge is 2.37. The van der Waals surface area contributed by atoms with Crippen molar-refractivity contribution in [1.82, 2.24) is 35.0 Å². The molecule has 5 aliphatic heterocycles. The Labute approximate surface area is 377 Å². The van der Waals surface area contributed by atoms with Crippen LogP contribution in [0.15, 0.2) is 78.3 Å². The third-order valence-corrected chi connectivity index (χ3v) is 13.8. The number of carbonyl (C=O) groups excluding carboxylic acids is 3. The van der Waals surface area contributed by atoms with Crippen molar-refractivity contribution in [3.63, 3.8) is 0 Å². The third kappa shape index (κ3) is 7.53. The predicted molar refractivity (Wildman–Crippen MR) is 249 cm³/mol. The van der Waals surface area contributed by atoms with E-state index in [2.05, 4.69) is 61.3 Å². The fourth-order valence-electron chi connectivity index (χ4n) is 10.5. The van der Waals surface area contributed by atoms with Gasteiger partial charge in [0.1, 0.15) is 5.82 Å². The number of aryl methyl sites for hydroxylation is 1. The number of pyridine rings is 2. The largest absolute Gasteiger partial charge is 0.467 e. The summed E-state index contributed by atoms with van der Waals surface area (Å²) in [6.45, 7) is 8.39. The number of hydrogen-bond acceptors (Lipinski definition) is 14. The summed E-state index contributed by atoms with van der Waals surface area (Å²) in [4.78, 5) is 60.4. The van der Waals surface area contributed by atoms with E-state index in [0.717, 1.165) is 108 Å². The van der Waals surface area contributed by atoms with Crippen LogP contribution < -0.4 is 29.8 Å². The molecule has 18 heteroatoms. The van der Waals surface area contributed by atoms with Crippen molar-refractivity contribution in [2.24, 2.45) is 12.1 Å². The molecular weight excluding hydrogens is 827 g/mol. The Hall–Kier alpha value is -6.79. The molecule has 8 heterocycles. The molecule has 0 bridgehead atoms. The van der Waals surface area contributed by atoms with Gasteiger partial charge in [-0.15, -0.1) is 5.10 Å². The summed E-state index contributed by atoms with van der Waals surface area (Å²) in [6, 6.07) is 18.8. The van der Waals surface area contributed by atoms with Gasteiger partial charge in [0.2, 0.25) is 18.2 Å². The molecule has 3 aromatic heterocycles. The molecule has 10 rings (SSSR count). The Bertz CT molecular complexity index is 2660. The molecule has 0 saturated carbocycles. The van der Waals surface area contributed by atoms with Crippen LogP contribution in [0.5, 0.6) is 0 Å². The van der Waals surface area contributed by atoms with E-state index in [-0.39, 0.29) is 17.8 Å². The number of nitrogens with one attached hydrogen (secondary N) is 1. The van der Waals surface area contributed by atoms with E-state index in [9.17, 15) is 19.5 Å². The lowest BCUT2D eigenvalue weighted by Crippen LogP contribution is -2.53. The van der Waals surface area contributed by atoms with E-state index < -0.39 is 12.3 Å². The highest BCUT2D eigenvalue weighted by molar-refractivity contribution is 6.07. The van der Waals surface area contributed by atoms with Gasteiger partial charge in [0.05, 0.1) is 47.5 Å². The summed E-state index contributed by atoms with van der Waals surface area (Å²) in [5.41, 5.74) is 8.42. The first-order valence-corrected chi connectivity index (χ1v) is 22.6. The van der Waals surface area contributed by atoms with Crippen LogP contribution in [0.25, 0.3) is 22.0 Å². The molecule has 18 nitrogen and oxygen atoms in total. The molecule has 2 unspecified atom stereocenters. The first kappa shape index (κ1) is 42.2. The van der Waals surface area contributed by atoms with Crippen molar-refractivity contribution in [2.75, 3.05) is 91.0 Å². The van der Waals surface area contributed by atoms with Gasteiger partial charge >= 0.3 is 12.1 Å². The van der Waals surface area contributed by atoms with Gasteiger partial charge in [-0.1, -0.05) is 25.1 Å². The molecule has 2 aromatic carbocycles. The van der Waals surface area contributed by atoms with Crippen molar-refractivity contribution in [3.8, 4) is 11.1 Å². The van der Waals surface area contributed by atoms with Gasteiger partial charge in [-0.2, -0.15) is 5.10 Å². The van der Waals surface area contributed by atoms with Crippen LogP contribution in [0.1, 0.15) is 49.8 Å². The van der Waals surface area contributed by atoms with Gasteiger partial charge in [0.15, 0.2) is 0 Å². The topological polar surface area (TPSA) is 171 Å². The maximum absolute atomic E-state index is 13.9. The number of urea groups is 1. The smallest absolute Gasteiger partial charge is 0.330 e. The number of piperidine rings is 2. The first-order valence-electron chi connectivity index (χ1n) is 22.6. The first-order chi connectivity index (χ1) is 31.6. The number of nitrogens with zero attached hydrogens (tertiary/aromatic N) is 12. The number of rotatable bonds is 9. The van der Waals surface area contributed by atoms with Gasteiger partial charge in [0, 0.05) is 114 Å². The number of anilines is 5. The Morgan fingerprint density at radius 1 is 0.815 bits per heavy atom. The number of hydrogen-bond donors (Lipinski definition) is 2. The molecule has 0 spiro atoms. The SMILES string of the molecule is CCc1c(-c2ccc(N3C(OC)=NN(C)C3O)cc2N2CCC(N3CCN(c4cccc5c(C6CCC(=O)NC6=O)nn(C)c45)CC3)CC2)ccnc1N1CCN(c2cccnc2)C1=O. The van der Waals surface area contributed by atoms with E-state index in [1.807, 2.05) is 42.1 Å². The van der Waals surface area contributed by atoms with Gasteiger partial charge < -0.3 is 19.6 Å². The van der Waals surface area contributed by atoms with Gasteiger partial charge in [0.25, 0.3) is 0 Å². The summed E-state index contributed by atoms with van der Waals surface area (Å²) in [5.74, 6) is -0.285. The van der Waals surface area contributed by atoms with Gasteiger partial charge in [-0.05, 0) is 67.6 Å². The normalized spacial score (nSPS) is 21.2. The molecule has 65 heavy (non-hydrogen) atoms. The van der Waals surface area contributed by atoms with Gasteiger partial charge in [-0.3, -0.25) is 39.3 Å². The van der Waals surface area contributed by atoms with Crippen molar-refractivity contribution >= 4 is 63.3 Å².